The average Bonchev–Trinajstić information content (AvgIpc) is 3.24. The molecule has 1 aromatic carbocycles. The van der Waals surface area contributed by atoms with Crippen molar-refractivity contribution in [2.24, 2.45) is 5.73 Å². The summed E-state index contributed by atoms with van der Waals surface area (Å²) in [5.41, 5.74) is 6.53. The molecule has 0 unspecified atom stereocenters. The van der Waals surface area contributed by atoms with Crippen LogP contribution < -0.4 is 10.6 Å². The van der Waals surface area contributed by atoms with Crippen molar-refractivity contribution in [3.63, 3.8) is 0 Å². The average molecular weight is 368 g/mol. The van der Waals surface area contributed by atoms with Gasteiger partial charge in [-0.3, -0.25) is 4.79 Å². The number of fused-ring (bicyclic) bond motifs is 1. The molecule has 4 rings (SSSR count). The zero-order valence-electron chi connectivity index (χ0n) is 14.0. The number of hydrogen-bond donors (Lipinski definition) is 1. The molecule has 0 bridgehead atoms. The molecule has 1 aliphatic rings. The van der Waals surface area contributed by atoms with Crippen LogP contribution in [0.3, 0.4) is 0 Å². The monoisotopic (exact) mass is 368 g/mol. The molecule has 1 aliphatic heterocycles. The Kier molecular flexibility index (Phi) is 3.96. The van der Waals surface area contributed by atoms with E-state index in [1.54, 1.807) is 23.1 Å². The van der Waals surface area contributed by atoms with Crippen molar-refractivity contribution in [3.8, 4) is 0 Å². The number of nitrogens with two attached hydrogens (primary N) is 1. The third kappa shape index (κ3) is 2.95. The summed E-state index contributed by atoms with van der Waals surface area (Å²) in [5.74, 6) is -0.822. The Balaban J connectivity index is 1.79. The number of nitrogens with zero attached hydrogens (tertiary/aromatic N) is 5. The van der Waals surface area contributed by atoms with Crippen molar-refractivity contribution in [1.82, 2.24) is 14.6 Å². The summed E-state index contributed by atoms with van der Waals surface area (Å²) in [6, 6.07) is 6.81. The Hall–Kier alpha value is -3.54. The number of imidazole rings is 1. The van der Waals surface area contributed by atoms with Gasteiger partial charge in [-0.1, -0.05) is 6.07 Å². The SMILES string of the molecule is [C-]#[N+]c1cc(F)cc([C@H]2C[C@H](F)CN2c2ccc3ncc(C(N)=O)n3n2)c1. The van der Waals surface area contributed by atoms with E-state index in [-0.39, 0.29) is 24.3 Å². The number of benzene rings is 1. The van der Waals surface area contributed by atoms with E-state index in [0.717, 1.165) is 6.07 Å². The zero-order chi connectivity index (χ0) is 19.1. The maximum absolute atomic E-state index is 14.2. The van der Waals surface area contributed by atoms with Gasteiger partial charge >= 0.3 is 0 Å². The first-order chi connectivity index (χ1) is 13.0. The highest BCUT2D eigenvalue weighted by atomic mass is 19.1. The molecule has 3 heterocycles. The number of rotatable bonds is 3. The van der Waals surface area contributed by atoms with Gasteiger partial charge in [0.2, 0.25) is 0 Å². The number of halogens is 2. The standard InChI is InChI=1S/C18H14F2N6O/c1-22-13-5-10(4-11(19)6-13)14-7-12(20)9-25(14)17-3-2-16-23-8-15(18(21)27)26(16)24-17/h2-6,8,12,14H,7,9H2,(H2,21,27)/t12-,14+/m0/s1. The molecule has 1 amide bonds. The van der Waals surface area contributed by atoms with Gasteiger partial charge < -0.3 is 10.6 Å². The largest absolute Gasteiger partial charge is 0.364 e. The van der Waals surface area contributed by atoms with Gasteiger partial charge in [-0.2, -0.15) is 0 Å². The van der Waals surface area contributed by atoms with E-state index < -0.39 is 23.9 Å². The normalized spacial score (nSPS) is 19.4. The molecule has 7 nitrogen and oxygen atoms in total. The summed E-state index contributed by atoms with van der Waals surface area (Å²) >= 11 is 0. The summed E-state index contributed by atoms with van der Waals surface area (Å²) in [6.45, 7) is 7.17. The molecular weight excluding hydrogens is 354 g/mol. The second-order valence-corrected chi connectivity index (χ2v) is 6.32. The first kappa shape index (κ1) is 16.9. The lowest BCUT2D eigenvalue weighted by atomic mass is 10.0. The number of amides is 1. The van der Waals surface area contributed by atoms with Crippen LogP contribution >= 0.6 is 0 Å². The van der Waals surface area contributed by atoms with Crippen LogP contribution in [0, 0.1) is 12.4 Å². The van der Waals surface area contributed by atoms with Crippen molar-refractivity contribution in [2.45, 2.75) is 18.6 Å². The quantitative estimate of drug-likeness (QED) is 0.721. The first-order valence-electron chi connectivity index (χ1n) is 8.19. The molecule has 0 aliphatic carbocycles. The number of alkyl halides is 1. The topological polar surface area (TPSA) is 80.9 Å². The van der Waals surface area contributed by atoms with Crippen LogP contribution in [0.15, 0.2) is 36.5 Å². The zero-order valence-corrected chi connectivity index (χ0v) is 14.0. The minimum atomic E-state index is -1.13. The molecular formula is C18H14F2N6O. The molecule has 1 saturated heterocycles. The van der Waals surface area contributed by atoms with Crippen LogP contribution in [-0.4, -0.2) is 33.2 Å². The van der Waals surface area contributed by atoms with E-state index in [4.69, 9.17) is 12.3 Å². The lowest BCUT2D eigenvalue weighted by Gasteiger charge is -2.26. The van der Waals surface area contributed by atoms with Crippen LogP contribution in [0.4, 0.5) is 20.3 Å². The number of aromatic nitrogens is 3. The number of carbonyl (C=O) groups excluding carboxylic acids is 1. The highest BCUT2D eigenvalue weighted by Gasteiger charge is 2.35. The van der Waals surface area contributed by atoms with Gasteiger partial charge in [-0.15, -0.1) is 5.10 Å². The highest BCUT2D eigenvalue weighted by molar-refractivity contribution is 5.91. The van der Waals surface area contributed by atoms with E-state index in [9.17, 15) is 13.6 Å². The number of carbonyl (C=O) groups is 1. The van der Waals surface area contributed by atoms with Gasteiger partial charge in [0.05, 0.1) is 25.4 Å². The number of primary amides is 1. The second kappa shape index (κ2) is 6.32. The lowest BCUT2D eigenvalue weighted by molar-refractivity contribution is 0.0993. The van der Waals surface area contributed by atoms with Crippen molar-refractivity contribution >= 4 is 23.1 Å². The second-order valence-electron chi connectivity index (χ2n) is 6.32. The van der Waals surface area contributed by atoms with Gasteiger partial charge in [0, 0.05) is 6.42 Å². The maximum atomic E-state index is 14.2. The number of hydrogen-bond acceptors (Lipinski definition) is 4. The Morgan fingerprint density at radius 3 is 2.89 bits per heavy atom. The molecule has 3 aromatic rings. The summed E-state index contributed by atoms with van der Waals surface area (Å²) in [5, 5.41) is 4.37. The van der Waals surface area contributed by atoms with Gasteiger partial charge in [0.25, 0.3) is 5.91 Å². The molecule has 9 heteroatoms. The van der Waals surface area contributed by atoms with E-state index in [2.05, 4.69) is 14.9 Å². The minimum Gasteiger partial charge on any atom is -0.364 e. The third-order valence-corrected chi connectivity index (χ3v) is 4.56. The molecule has 136 valence electrons. The van der Waals surface area contributed by atoms with Crippen molar-refractivity contribution in [2.75, 3.05) is 11.4 Å². The Morgan fingerprint density at radius 2 is 2.15 bits per heavy atom. The van der Waals surface area contributed by atoms with E-state index in [1.807, 2.05) is 0 Å². The molecule has 0 saturated carbocycles. The first-order valence-corrected chi connectivity index (χ1v) is 8.19. The molecule has 1 fully saturated rings. The predicted molar refractivity (Wildman–Crippen MR) is 93.8 cm³/mol. The molecule has 0 radical (unpaired) electrons. The number of anilines is 1. The minimum absolute atomic E-state index is 0.0631. The van der Waals surface area contributed by atoms with Gasteiger partial charge in [-0.05, 0) is 29.8 Å². The Labute approximate surface area is 152 Å². The third-order valence-electron chi connectivity index (χ3n) is 4.56. The fraction of sp³-hybridized carbons (Fsp3) is 0.222. The van der Waals surface area contributed by atoms with E-state index >= 15 is 0 Å². The molecule has 2 N–H and O–H groups in total. The summed E-state index contributed by atoms with van der Waals surface area (Å²) in [7, 11) is 0. The van der Waals surface area contributed by atoms with Gasteiger partial charge in [0.15, 0.2) is 11.3 Å². The van der Waals surface area contributed by atoms with Crippen LogP contribution in [0.5, 0.6) is 0 Å². The summed E-state index contributed by atoms with van der Waals surface area (Å²) in [6.07, 6.45) is 0.334. The molecule has 0 spiro atoms. The molecule has 27 heavy (non-hydrogen) atoms. The van der Waals surface area contributed by atoms with E-state index in [0.29, 0.717) is 17.0 Å². The van der Waals surface area contributed by atoms with Crippen molar-refractivity contribution in [1.29, 1.82) is 0 Å². The summed E-state index contributed by atoms with van der Waals surface area (Å²) in [4.78, 5) is 20.5. The smallest absolute Gasteiger partial charge is 0.269 e. The van der Waals surface area contributed by atoms with Crippen LogP contribution in [0.25, 0.3) is 10.5 Å². The molecule has 2 aromatic heterocycles. The predicted octanol–water partition coefficient (Wildman–Crippen LogP) is 2.81. The van der Waals surface area contributed by atoms with Crippen LogP contribution in [-0.2, 0) is 0 Å². The maximum Gasteiger partial charge on any atom is 0.269 e. The van der Waals surface area contributed by atoms with E-state index in [1.165, 1.54) is 16.8 Å². The fourth-order valence-corrected chi connectivity index (χ4v) is 3.39. The fourth-order valence-electron chi connectivity index (χ4n) is 3.39. The van der Waals surface area contributed by atoms with Gasteiger partial charge in [0.1, 0.15) is 23.5 Å². The molecule has 2 atom stereocenters. The lowest BCUT2D eigenvalue weighted by Crippen LogP contribution is -2.26. The van der Waals surface area contributed by atoms with Crippen LogP contribution in [0.1, 0.15) is 28.5 Å². The van der Waals surface area contributed by atoms with Crippen molar-refractivity contribution in [3.05, 3.63) is 65.0 Å². The Morgan fingerprint density at radius 1 is 1.33 bits per heavy atom. The highest BCUT2D eigenvalue weighted by Crippen LogP contribution is 2.38. The van der Waals surface area contributed by atoms with Gasteiger partial charge in [-0.25, -0.2) is 23.1 Å². The Bertz CT molecular complexity index is 1090. The van der Waals surface area contributed by atoms with Crippen LogP contribution in [0.2, 0.25) is 0 Å². The van der Waals surface area contributed by atoms with Crippen molar-refractivity contribution < 1.29 is 13.6 Å². The summed E-state index contributed by atoms with van der Waals surface area (Å²) < 4.78 is 29.4.